The molecule has 11 heteroatoms. The van der Waals surface area contributed by atoms with Gasteiger partial charge in [0, 0.05) is 5.56 Å². The normalized spacial score (nSPS) is 10.8. The number of methoxy groups -OCH3 is 2. The first-order chi connectivity index (χ1) is 12.7. The van der Waals surface area contributed by atoms with Crippen LogP contribution in [0.1, 0.15) is 22.8 Å². The number of ether oxygens (including phenoxy) is 2. The van der Waals surface area contributed by atoms with E-state index >= 15 is 0 Å². The van der Waals surface area contributed by atoms with Crippen molar-refractivity contribution in [3.63, 3.8) is 0 Å². The summed E-state index contributed by atoms with van der Waals surface area (Å²) in [6.45, 7) is 1.33. The van der Waals surface area contributed by atoms with E-state index in [-0.39, 0.29) is 34.6 Å². The van der Waals surface area contributed by atoms with Crippen molar-refractivity contribution in [3.8, 4) is 11.8 Å². The number of hydrogen-bond acceptors (Lipinski definition) is 8. The fourth-order valence-electron chi connectivity index (χ4n) is 2.17. The number of Topliss-reactive ketones (excluding diaryl/α,β-unsaturated/α-hetero) is 1. The molecule has 0 aliphatic rings. The van der Waals surface area contributed by atoms with Crippen LogP contribution in [-0.4, -0.2) is 44.4 Å². The van der Waals surface area contributed by atoms with Crippen LogP contribution in [0.3, 0.4) is 0 Å². The fraction of sp³-hybridized carbons (Fsp3) is 0.250. The standard InChI is InChI=1S/C16H18N4O6S/c1-10(21)12-7-5-4-6-11(12)9-27(23,24)20-16(22)19-15-17-13(25-2)8-14(18-15)26-3/h4-8H,9H2,1-3H3,(H2,17,18,19,20,22). The summed E-state index contributed by atoms with van der Waals surface area (Å²) < 4.78 is 36.2. The second-order valence-corrected chi connectivity index (χ2v) is 7.03. The Hall–Kier alpha value is -3.21. The van der Waals surface area contributed by atoms with Crippen LogP contribution in [0.2, 0.25) is 0 Å². The number of hydrogen-bond donors (Lipinski definition) is 2. The fourth-order valence-corrected chi connectivity index (χ4v) is 3.23. The minimum absolute atomic E-state index is 0.121. The number of carbonyl (C=O) groups excluding carboxylic acids is 2. The van der Waals surface area contributed by atoms with Gasteiger partial charge in [0.1, 0.15) is 0 Å². The summed E-state index contributed by atoms with van der Waals surface area (Å²) in [4.78, 5) is 31.3. The monoisotopic (exact) mass is 394 g/mol. The van der Waals surface area contributed by atoms with Crippen LogP contribution in [-0.2, 0) is 15.8 Å². The van der Waals surface area contributed by atoms with Gasteiger partial charge in [0.25, 0.3) is 0 Å². The quantitative estimate of drug-likeness (QED) is 0.672. The molecule has 0 atom stereocenters. The summed E-state index contributed by atoms with van der Waals surface area (Å²) >= 11 is 0. The van der Waals surface area contributed by atoms with Crippen molar-refractivity contribution in [2.45, 2.75) is 12.7 Å². The van der Waals surface area contributed by atoms with Crippen molar-refractivity contribution in [2.24, 2.45) is 0 Å². The Morgan fingerprint density at radius 1 is 1.07 bits per heavy atom. The Bertz CT molecular complexity index is 939. The average molecular weight is 394 g/mol. The van der Waals surface area contributed by atoms with Crippen LogP contribution in [0, 0.1) is 0 Å². The molecule has 0 saturated heterocycles. The maximum absolute atomic E-state index is 12.2. The second kappa shape index (κ2) is 8.45. The Labute approximate surface area is 156 Å². The van der Waals surface area contributed by atoms with Crippen LogP contribution in [0.15, 0.2) is 30.3 Å². The summed E-state index contributed by atoms with van der Waals surface area (Å²) in [5.41, 5.74) is 0.550. The number of nitrogens with zero attached hydrogens (tertiary/aromatic N) is 2. The van der Waals surface area contributed by atoms with Gasteiger partial charge in [-0.3, -0.25) is 10.1 Å². The molecular weight excluding hydrogens is 376 g/mol. The molecule has 0 aliphatic carbocycles. The molecule has 0 aliphatic heterocycles. The van der Waals surface area contributed by atoms with E-state index in [0.29, 0.717) is 0 Å². The van der Waals surface area contributed by atoms with Crippen molar-refractivity contribution in [3.05, 3.63) is 41.5 Å². The van der Waals surface area contributed by atoms with Crippen LogP contribution in [0.5, 0.6) is 11.8 Å². The van der Waals surface area contributed by atoms with Gasteiger partial charge in [0.2, 0.25) is 27.7 Å². The van der Waals surface area contributed by atoms with E-state index in [9.17, 15) is 18.0 Å². The number of urea groups is 1. The van der Waals surface area contributed by atoms with Gasteiger partial charge in [-0.25, -0.2) is 17.9 Å². The van der Waals surface area contributed by atoms with Crippen LogP contribution in [0.4, 0.5) is 10.7 Å². The lowest BCUT2D eigenvalue weighted by molar-refractivity contribution is 0.101. The largest absolute Gasteiger partial charge is 0.481 e. The van der Waals surface area contributed by atoms with Crippen LogP contribution < -0.4 is 19.5 Å². The molecule has 1 heterocycles. The molecule has 2 rings (SSSR count). The number of nitrogens with one attached hydrogen (secondary N) is 2. The molecule has 0 radical (unpaired) electrons. The topological polar surface area (TPSA) is 137 Å². The maximum atomic E-state index is 12.2. The molecule has 1 aromatic heterocycles. The molecule has 1 aromatic carbocycles. The Morgan fingerprint density at radius 3 is 2.22 bits per heavy atom. The van der Waals surface area contributed by atoms with Gasteiger partial charge in [-0.05, 0) is 12.5 Å². The number of anilines is 1. The minimum atomic E-state index is -4.07. The Morgan fingerprint density at radius 2 is 1.67 bits per heavy atom. The molecule has 0 saturated carbocycles. The molecule has 144 valence electrons. The molecule has 10 nitrogen and oxygen atoms in total. The smallest absolute Gasteiger partial charge is 0.335 e. The highest BCUT2D eigenvalue weighted by Gasteiger charge is 2.19. The molecule has 0 bridgehead atoms. The molecule has 0 unspecified atom stereocenters. The Kier molecular flexibility index (Phi) is 6.29. The molecule has 2 N–H and O–H groups in total. The zero-order valence-electron chi connectivity index (χ0n) is 14.8. The lowest BCUT2D eigenvalue weighted by Gasteiger charge is -2.11. The second-order valence-electron chi connectivity index (χ2n) is 5.30. The summed E-state index contributed by atoms with van der Waals surface area (Å²) in [5.74, 6) is -0.783. The summed E-state index contributed by atoms with van der Waals surface area (Å²) in [5, 5.41) is 2.19. The molecule has 2 aromatic rings. The van der Waals surface area contributed by atoms with Gasteiger partial charge in [-0.1, -0.05) is 24.3 Å². The zero-order valence-corrected chi connectivity index (χ0v) is 15.7. The van der Waals surface area contributed by atoms with Gasteiger partial charge in [-0.15, -0.1) is 0 Å². The number of aromatic nitrogens is 2. The van der Waals surface area contributed by atoms with Gasteiger partial charge >= 0.3 is 6.03 Å². The number of rotatable bonds is 7. The highest BCUT2D eigenvalue weighted by Crippen LogP contribution is 2.17. The van der Waals surface area contributed by atoms with Gasteiger partial charge < -0.3 is 9.47 Å². The van der Waals surface area contributed by atoms with Gasteiger partial charge in [-0.2, -0.15) is 9.97 Å². The molecular formula is C16H18N4O6S. The molecule has 0 fully saturated rings. The average Bonchev–Trinajstić information content (AvgIpc) is 2.60. The number of ketones is 1. The lowest BCUT2D eigenvalue weighted by atomic mass is 10.1. The summed E-state index contributed by atoms with van der Waals surface area (Å²) in [6, 6.07) is 6.57. The van der Waals surface area contributed by atoms with Crippen molar-refractivity contribution in [1.82, 2.24) is 14.7 Å². The highest BCUT2D eigenvalue weighted by molar-refractivity contribution is 7.89. The molecule has 0 spiro atoms. The number of amides is 2. The van der Waals surface area contributed by atoms with Crippen LogP contribution >= 0.6 is 0 Å². The predicted octanol–water partition coefficient (Wildman–Crippen LogP) is 1.35. The van der Waals surface area contributed by atoms with Crippen molar-refractivity contribution in [1.29, 1.82) is 0 Å². The highest BCUT2D eigenvalue weighted by atomic mass is 32.2. The molecule has 27 heavy (non-hydrogen) atoms. The van der Waals surface area contributed by atoms with Crippen molar-refractivity contribution in [2.75, 3.05) is 19.5 Å². The van der Waals surface area contributed by atoms with E-state index in [1.807, 2.05) is 4.72 Å². The third-order valence-corrected chi connectivity index (χ3v) is 4.50. The summed E-state index contributed by atoms with van der Waals surface area (Å²) in [7, 11) is -1.35. The predicted molar refractivity (Wildman–Crippen MR) is 96.4 cm³/mol. The number of sulfonamides is 1. The first kappa shape index (κ1) is 20.1. The van der Waals surface area contributed by atoms with E-state index in [4.69, 9.17) is 9.47 Å². The van der Waals surface area contributed by atoms with E-state index < -0.39 is 21.8 Å². The SMILES string of the molecule is COc1cc(OC)nc(NC(=O)NS(=O)(=O)Cc2ccccc2C(C)=O)n1. The van der Waals surface area contributed by atoms with E-state index in [1.165, 1.54) is 39.3 Å². The zero-order chi connectivity index (χ0) is 20.0. The summed E-state index contributed by atoms with van der Waals surface area (Å²) in [6.07, 6.45) is 0. The number of carbonyl (C=O) groups is 2. The maximum Gasteiger partial charge on any atom is 0.335 e. The van der Waals surface area contributed by atoms with Crippen molar-refractivity contribution < 1.29 is 27.5 Å². The van der Waals surface area contributed by atoms with Gasteiger partial charge in [0.15, 0.2) is 5.78 Å². The molecule has 2 amide bonds. The lowest BCUT2D eigenvalue weighted by Crippen LogP contribution is -2.35. The van der Waals surface area contributed by atoms with Gasteiger partial charge in [0.05, 0.1) is 26.0 Å². The van der Waals surface area contributed by atoms with Crippen molar-refractivity contribution >= 4 is 27.8 Å². The first-order valence-corrected chi connectivity index (χ1v) is 9.26. The first-order valence-electron chi connectivity index (χ1n) is 7.61. The van der Waals surface area contributed by atoms with Crippen LogP contribution in [0.25, 0.3) is 0 Å². The van der Waals surface area contributed by atoms with E-state index in [1.54, 1.807) is 12.1 Å². The third-order valence-electron chi connectivity index (χ3n) is 3.31. The van der Waals surface area contributed by atoms with E-state index in [2.05, 4.69) is 15.3 Å². The minimum Gasteiger partial charge on any atom is -0.481 e. The number of benzene rings is 1. The third kappa shape index (κ3) is 5.64. The van der Waals surface area contributed by atoms with E-state index in [0.717, 1.165) is 0 Å². The Balaban J connectivity index is 2.12.